The second kappa shape index (κ2) is 7.26. The number of nitrogens with one attached hydrogen (secondary N) is 2. The van der Waals surface area contributed by atoms with Crippen molar-refractivity contribution < 1.29 is 18.0 Å². The molecule has 0 saturated heterocycles. The smallest absolute Gasteiger partial charge is 0.264 e. The summed E-state index contributed by atoms with van der Waals surface area (Å²) < 4.78 is 26.3. The first kappa shape index (κ1) is 17.0. The number of hydrogen-bond acceptors (Lipinski definition) is 4. The minimum atomic E-state index is -4.00. The van der Waals surface area contributed by atoms with E-state index in [-0.39, 0.29) is 16.3 Å². The van der Waals surface area contributed by atoms with E-state index in [0.717, 1.165) is 0 Å². The van der Waals surface area contributed by atoms with Gasteiger partial charge in [0.1, 0.15) is 5.88 Å². The van der Waals surface area contributed by atoms with Crippen molar-refractivity contribution in [1.82, 2.24) is 4.72 Å². The van der Waals surface area contributed by atoms with Crippen LogP contribution in [0.2, 0.25) is 0 Å². The average molecular weight is 353 g/mol. The van der Waals surface area contributed by atoms with Crippen molar-refractivity contribution in [2.45, 2.75) is 4.90 Å². The maximum atomic E-state index is 12.2. The Morgan fingerprint density at radius 2 is 1.57 bits per heavy atom. The molecule has 6 nitrogen and oxygen atoms in total. The van der Waals surface area contributed by atoms with Gasteiger partial charge in [0, 0.05) is 11.3 Å². The van der Waals surface area contributed by atoms with Gasteiger partial charge in [-0.2, -0.15) is 0 Å². The molecule has 0 fully saturated rings. The maximum Gasteiger partial charge on any atom is 0.264 e. The van der Waals surface area contributed by atoms with E-state index in [1.807, 2.05) is 4.72 Å². The summed E-state index contributed by atoms with van der Waals surface area (Å²) in [6.45, 7) is 0. The predicted molar refractivity (Wildman–Crippen MR) is 86.9 cm³/mol. The highest BCUT2D eigenvalue weighted by Gasteiger charge is 2.18. The number of sulfonamides is 1. The Labute approximate surface area is 138 Å². The lowest BCUT2D eigenvalue weighted by Crippen LogP contribution is -2.30. The Morgan fingerprint density at radius 3 is 2.13 bits per heavy atom. The van der Waals surface area contributed by atoms with E-state index in [2.05, 4.69) is 5.32 Å². The molecule has 0 atom stereocenters. The van der Waals surface area contributed by atoms with Crippen LogP contribution in [-0.2, 0) is 14.8 Å². The van der Waals surface area contributed by atoms with Gasteiger partial charge in [0.2, 0.25) is 5.91 Å². The topological polar surface area (TPSA) is 92.3 Å². The van der Waals surface area contributed by atoms with E-state index < -0.39 is 21.8 Å². The van der Waals surface area contributed by atoms with Gasteiger partial charge >= 0.3 is 0 Å². The second-order valence-corrected chi connectivity index (χ2v) is 6.46. The first-order valence-electron chi connectivity index (χ1n) is 6.50. The minimum Gasteiger partial charge on any atom is -0.325 e. The highest BCUT2D eigenvalue weighted by molar-refractivity contribution is 7.90. The molecule has 2 amide bonds. The van der Waals surface area contributed by atoms with Crippen molar-refractivity contribution in [2.24, 2.45) is 0 Å². The van der Waals surface area contributed by atoms with Crippen LogP contribution in [0.15, 0.2) is 59.5 Å². The molecule has 0 saturated carbocycles. The standard InChI is InChI=1S/C15H13ClN2O4S/c16-10-14(19)17-12-6-8-13(9-7-12)23(21,22)18-15(20)11-4-2-1-3-5-11/h1-9H,10H2,(H,17,19)(H,18,20). The van der Waals surface area contributed by atoms with Gasteiger partial charge in [0.05, 0.1) is 4.90 Å². The van der Waals surface area contributed by atoms with Gasteiger partial charge in [0.25, 0.3) is 15.9 Å². The molecule has 0 heterocycles. The van der Waals surface area contributed by atoms with E-state index in [1.54, 1.807) is 18.2 Å². The maximum absolute atomic E-state index is 12.2. The normalized spacial score (nSPS) is 10.8. The number of alkyl halides is 1. The van der Waals surface area contributed by atoms with Gasteiger partial charge in [-0.05, 0) is 36.4 Å². The monoisotopic (exact) mass is 352 g/mol. The Hall–Kier alpha value is -2.38. The molecule has 0 spiro atoms. The Bertz CT molecular complexity index is 805. The first-order valence-corrected chi connectivity index (χ1v) is 8.52. The van der Waals surface area contributed by atoms with Crippen LogP contribution < -0.4 is 10.0 Å². The summed E-state index contributed by atoms with van der Waals surface area (Å²) in [4.78, 5) is 23.0. The van der Waals surface area contributed by atoms with Gasteiger partial charge in [-0.1, -0.05) is 18.2 Å². The summed E-state index contributed by atoms with van der Waals surface area (Å²) in [6, 6.07) is 13.4. The van der Waals surface area contributed by atoms with Gasteiger partial charge in [-0.15, -0.1) is 11.6 Å². The predicted octanol–water partition coefficient (Wildman–Crippen LogP) is 1.98. The highest BCUT2D eigenvalue weighted by Crippen LogP contribution is 2.14. The number of rotatable bonds is 5. The first-order chi connectivity index (χ1) is 10.9. The van der Waals surface area contributed by atoms with E-state index in [4.69, 9.17) is 11.6 Å². The molecule has 2 N–H and O–H groups in total. The summed E-state index contributed by atoms with van der Waals surface area (Å²) in [5.74, 6) is -1.32. The van der Waals surface area contributed by atoms with Crippen LogP contribution in [0.5, 0.6) is 0 Å². The second-order valence-electron chi connectivity index (χ2n) is 4.51. The van der Waals surface area contributed by atoms with Crippen molar-refractivity contribution in [3.8, 4) is 0 Å². The van der Waals surface area contributed by atoms with Gasteiger partial charge in [0.15, 0.2) is 0 Å². The van der Waals surface area contributed by atoms with E-state index in [0.29, 0.717) is 5.69 Å². The number of carbonyl (C=O) groups is 2. The van der Waals surface area contributed by atoms with E-state index in [1.165, 1.54) is 36.4 Å². The highest BCUT2D eigenvalue weighted by atomic mass is 35.5. The minimum absolute atomic E-state index is 0.0920. The summed E-state index contributed by atoms with van der Waals surface area (Å²) >= 11 is 5.37. The third-order valence-electron chi connectivity index (χ3n) is 2.83. The zero-order valence-corrected chi connectivity index (χ0v) is 13.4. The molecule has 2 rings (SSSR count). The molecular formula is C15H13ClN2O4S. The molecule has 0 bridgehead atoms. The number of anilines is 1. The fourth-order valence-corrected chi connectivity index (χ4v) is 2.78. The Kier molecular flexibility index (Phi) is 5.36. The number of carbonyl (C=O) groups excluding carboxylic acids is 2. The lowest BCUT2D eigenvalue weighted by Gasteiger charge is -2.08. The molecule has 0 aromatic heterocycles. The van der Waals surface area contributed by atoms with Crippen LogP contribution >= 0.6 is 11.6 Å². The molecule has 120 valence electrons. The molecular weight excluding hydrogens is 340 g/mol. The number of halogens is 1. The molecule has 0 aliphatic rings. The third kappa shape index (κ3) is 4.54. The van der Waals surface area contributed by atoms with Gasteiger partial charge < -0.3 is 5.32 Å². The lowest BCUT2D eigenvalue weighted by molar-refractivity contribution is -0.113. The quantitative estimate of drug-likeness (QED) is 0.805. The zero-order chi connectivity index (χ0) is 16.9. The fourth-order valence-electron chi connectivity index (χ4n) is 1.74. The molecule has 0 aliphatic heterocycles. The zero-order valence-electron chi connectivity index (χ0n) is 11.8. The SMILES string of the molecule is O=C(CCl)Nc1ccc(S(=O)(=O)NC(=O)c2ccccc2)cc1. The summed E-state index contributed by atoms with van der Waals surface area (Å²) in [7, 11) is -4.00. The van der Waals surface area contributed by atoms with Gasteiger partial charge in [-0.25, -0.2) is 13.1 Å². The lowest BCUT2D eigenvalue weighted by atomic mass is 10.2. The van der Waals surface area contributed by atoms with Crippen molar-refractivity contribution in [3.05, 3.63) is 60.2 Å². The Balaban J connectivity index is 2.13. The van der Waals surface area contributed by atoms with Crippen LogP contribution in [0, 0.1) is 0 Å². The van der Waals surface area contributed by atoms with Crippen LogP contribution in [0.3, 0.4) is 0 Å². The van der Waals surface area contributed by atoms with Gasteiger partial charge in [-0.3, -0.25) is 9.59 Å². The van der Waals surface area contributed by atoms with Crippen LogP contribution in [0.4, 0.5) is 5.69 Å². The van der Waals surface area contributed by atoms with Crippen molar-refractivity contribution in [1.29, 1.82) is 0 Å². The third-order valence-corrected chi connectivity index (χ3v) is 4.42. The fraction of sp³-hybridized carbons (Fsp3) is 0.0667. The van der Waals surface area contributed by atoms with E-state index >= 15 is 0 Å². The van der Waals surface area contributed by atoms with Crippen molar-refractivity contribution in [3.63, 3.8) is 0 Å². The summed E-state index contributed by atoms with van der Waals surface area (Å²) in [6.07, 6.45) is 0. The molecule has 23 heavy (non-hydrogen) atoms. The van der Waals surface area contributed by atoms with E-state index in [9.17, 15) is 18.0 Å². The molecule has 0 unspecified atom stereocenters. The number of amides is 2. The average Bonchev–Trinajstić information content (AvgIpc) is 2.55. The van der Waals surface area contributed by atoms with Crippen LogP contribution in [-0.4, -0.2) is 26.1 Å². The number of benzene rings is 2. The molecule has 8 heteroatoms. The van der Waals surface area contributed by atoms with Crippen LogP contribution in [0.25, 0.3) is 0 Å². The van der Waals surface area contributed by atoms with Crippen LogP contribution in [0.1, 0.15) is 10.4 Å². The molecule has 2 aromatic rings. The summed E-state index contributed by atoms with van der Waals surface area (Å²) in [5.41, 5.74) is 0.644. The summed E-state index contributed by atoms with van der Waals surface area (Å²) in [5, 5.41) is 2.48. The molecule has 0 aliphatic carbocycles. The molecule has 2 aromatic carbocycles. The largest absolute Gasteiger partial charge is 0.325 e. The molecule has 0 radical (unpaired) electrons. The van der Waals surface area contributed by atoms with Crippen molar-refractivity contribution >= 4 is 39.1 Å². The number of hydrogen-bond donors (Lipinski definition) is 2. The Morgan fingerprint density at radius 1 is 0.957 bits per heavy atom. The van der Waals surface area contributed by atoms with Crippen molar-refractivity contribution in [2.75, 3.05) is 11.2 Å².